The Morgan fingerprint density at radius 2 is 1.85 bits per heavy atom. The molecule has 1 saturated heterocycles. The molecule has 1 aromatic carbocycles. The molecule has 1 aliphatic rings. The third-order valence-electron chi connectivity index (χ3n) is 4.87. The van der Waals surface area contributed by atoms with E-state index < -0.39 is 0 Å². The van der Waals surface area contributed by atoms with Crippen molar-refractivity contribution in [2.45, 2.75) is 30.7 Å². The van der Waals surface area contributed by atoms with Gasteiger partial charge in [0.25, 0.3) is 0 Å². The number of nitrogens with one attached hydrogen (secondary N) is 1. The minimum Gasteiger partial charge on any atom is -0.339 e. The zero-order valence-electron chi connectivity index (χ0n) is 15.9. The van der Waals surface area contributed by atoms with Gasteiger partial charge in [0.15, 0.2) is 0 Å². The molecule has 3 rings (SSSR count). The molecule has 0 unspecified atom stereocenters. The minimum absolute atomic E-state index is 0.279. The van der Waals surface area contributed by atoms with Crippen LogP contribution in [0.1, 0.15) is 23.6 Å². The molecule has 1 N–H and O–H groups in total. The first-order chi connectivity index (χ1) is 13.2. The Balaban J connectivity index is 1.57. The molecule has 1 aliphatic heterocycles. The van der Waals surface area contributed by atoms with E-state index in [9.17, 15) is 0 Å². The molecular formula is C21H27N5S. The quantitative estimate of drug-likeness (QED) is 0.471. The highest BCUT2D eigenvalue weighted by Gasteiger charge is 2.19. The second-order valence-corrected chi connectivity index (χ2v) is 7.64. The molecular weight excluding hydrogens is 354 g/mol. The van der Waals surface area contributed by atoms with E-state index in [0.29, 0.717) is 0 Å². The number of rotatable bonds is 6. The van der Waals surface area contributed by atoms with Crippen LogP contribution >= 0.6 is 11.8 Å². The summed E-state index contributed by atoms with van der Waals surface area (Å²) in [6.45, 7) is 10.0. The van der Waals surface area contributed by atoms with Gasteiger partial charge in [0.2, 0.25) is 5.96 Å². The van der Waals surface area contributed by atoms with Gasteiger partial charge in [-0.1, -0.05) is 37.3 Å². The summed E-state index contributed by atoms with van der Waals surface area (Å²) in [5.74, 6) is 1.21. The Labute approximate surface area is 166 Å². The smallest absolute Gasteiger partial charge is 0.217 e. The van der Waals surface area contributed by atoms with Crippen LogP contribution in [0.15, 0.2) is 52.6 Å². The monoisotopic (exact) mass is 381 g/mol. The highest BCUT2D eigenvalue weighted by molar-refractivity contribution is 7.98. The third kappa shape index (κ3) is 5.40. The van der Waals surface area contributed by atoms with Crippen molar-refractivity contribution < 1.29 is 0 Å². The van der Waals surface area contributed by atoms with Gasteiger partial charge in [-0.25, -0.2) is 9.98 Å². The molecule has 0 saturated carbocycles. The Morgan fingerprint density at radius 1 is 1.15 bits per heavy atom. The number of aromatic nitrogens is 1. The van der Waals surface area contributed by atoms with E-state index in [0.717, 1.165) is 49.9 Å². The summed E-state index contributed by atoms with van der Waals surface area (Å²) >= 11 is 1.81. The Hall–Kier alpha value is -2.18. The molecule has 6 heteroatoms. The molecule has 0 radical (unpaired) electrons. The normalized spacial score (nSPS) is 14.9. The number of pyridine rings is 1. The van der Waals surface area contributed by atoms with Gasteiger partial charge in [-0.2, -0.15) is 0 Å². The Morgan fingerprint density at radius 3 is 2.52 bits per heavy atom. The van der Waals surface area contributed by atoms with E-state index >= 15 is 0 Å². The van der Waals surface area contributed by atoms with Gasteiger partial charge in [-0.15, -0.1) is 11.8 Å². The highest BCUT2D eigenvalue weighted by Crippen LogP contribution is 2.25. The molecule has 5 nitrogen and oxygen atoms in total. The summed E-state index contributed by atoms with van der Waals surface area (Å²) in [5.41, 5.74) is 3.98. The fourth-order valence-electron chi connectivity index (χ4n) is 3.16. The predicted molar refractivity (Wildman–Crippen MR) is 114 cm³/mol. The summed E-state index contributed by atoms with van der Waals surface area (Å²) in [7, 11) is 0. The number of hydrogen-bond donors (Lipinski definition) is 1. The van der Waals surface area contributed by atoms with Gasteiger partial charge in [0.05, 0.1) is 0 Å². The van der Waals surface area contributed by atoms with Crippen molar-refractivity contribution in [3.05, 3.63) is 59.3 Å². The lowest BCUT2D eigenvalue weighted by Crippen LogP contribution is -2.47. The second kappa shape index (κ2) is 9.67. The Kier molecular flexibility index (Phi) is 7.01. The first-order valence-corrected chi connectivity index (χ1v) is 10.3. The van der Waals surface area contributed by atoms with Gasteiger partial charge in [0.1, 0.15) is 5.03 Å². The maximum absolute atomic E-state index is 7.78. The number of benzene rings is 1. The fourth-order valence-corrected chi connectivity index (χ4v) is 4.11. The van der Waals surface area contributed by atoms with E-state index in [4.69, 9.17) is 5.41 Å². The van der Waals surface area contributed by atoms with Crippen molar-refractivity contribution in [1.82, 2.24) is 14.8 Å². The van der Waals surface area contributed by atoms with E-state index in [-0.39, 0.29) is 5.96 Å². The first kappa shape index (κ1) is 19.6. The fraction of sp³-hybridized carbons (Fsp3) is 0.381. The zero-order chi connectivity index (χ0) is 19.1. The Bertz CT molecular complexity index is 766. The van der Waals surface area contributed by atoms with Gasteiger partial charge in [0, 0.05) is 44.7 Å². The molecule has 0 amide bonds. The number of thioether (sulfide) groups is 1. The number of aryl methyl sites for hydroxylation is 1. The molecule has 0 aliphatic carbocycles. The summed E-state index contributed by atoms with van der Waals surface area (Å²) in [5, 5.41) is 8.89. The molecule has 2 heterocycles. The SMILES string of the molecule is C=NC(=N)N1CCN(Cc2cccnc2SCc2ccc(CC)cc2)CC1. The summed E-state index contributed by atoms with van der Waals surface area (Å²) < 4.78 is 0. The lowest BCUT2D eigenvalue weighted by molar-refractivity contribution is 0.173. The zero-order valence-corrected chi connectivity index (χ0v) is 16.7. The van der Waals surface area contributed by atoms with Crippen molar-refractivity contribution in [3.8, 4) is 0 Å². The maximum atomic E-state index is 7.78. The number of piperazine rings is 1. The van der Waals surface area contributed by atoms with Crippen molar-refractivity contribution in [3.63, 3.8) is 0 Å². The summed E-state index contributed by atoms with van der Waals surface area (Å²) in [4.78, 5) is 12.7. The van der Waals surface area contributed by atoms with Crippen LogP contribution in [0.4, 0.5) is 0 Å². The summed E-state index contributed by atoms with van der Waals surface area (Å²) in [6.07, 6.45) is 2.95. The van der Waals surface area contributed by atoms with Crippen molar-refractivity contribution in [2.24, 2.45) is 4.99 Å². The molecule has 2 aromatic rings. The maximum Gasteiger partial charge on any atom is 0.217 e. The predicted octanol–water partition coefficient (Wildman–Crippen LogP) is 3.69. The van der Waals surface area contributed by atoms with Crippen LogP contribution in [0.5, 0.6) is 0 Å². The number of aliphatic imine (C=N–C) groups is 1. The molecule has 0 bridgehead atoms. The van der Waals surface area contributed by atoms with Crippen molar-refractivity contribution in [1.29, 1.82) is 5.41 Å². The van der Waals surface area contributed by atoms with Crippen LogP contribution in [0.25, 0.3) is 0 Å². The van der Waals surface area contributed by atoms with E-state index in [1.165, 1.54) is 16.7 Å². The lowest BCUT2D eigenvalue weighted by Gasteiger charge is -2.34. The average Bonchev–Trinajstić information content (AvgIpc) is 2.73. The van der Waals surface area contributed by atoms with Crippen molar-refractivity contribution in [2.75, 3.05) is 26.2 Å². The van der Waals surface area contributed by atoms with Crippen LogP contribution in [-0.2, 0) is 18.7 Å². The lowest BCUT2D eigenvalue weighted by atomic mass is 10.1. The van der Waals surface area contributed by atoms with Crippen LogP contribution in [-0.4, -0.2) is 53.6 Å². The molecule has 0 spiro atoms. The van der Waals surface area contributed by atoms with Gasteiger partial charge < -0.3 is 4.90 Å². The van der Waals surface area contributed by atoms with Crippen molar-refractivity contribution >= 4 is 24.4 Å². The highest BCUT2D eigenvalue weighted by atomic mass is 32.2. The minimum atomic E-state index is 0.279. The molecule has 1 fully saturated rings. The van der Waals surface area contributed by atoms with Gasteiger partial charge in [-0.3, -0.25) is 10.3 Å². The first-order valence-electron chi connectivity index (χ1n) is 9.36. The number of hydrogen-bond acceptors (Lipinski definition) is 4. The van der Waals surface area contributed by atoms with E-state index in [2.05, 4.69) is 58.8 Å². The topological polar surface area (TPSA) is 55.6 Å². The van der Waals surface area contributed by atoms with E-state index in [1.54, 1.807) is 11.8 Å². The molecule has 27 heavy (non-hydrogen) atoms. The average molecular weight is 382 g/mol. The van der Waals surface area contributed by atoms with Crippen LogP contribution in [0.2, 0.25) is 0 Å². The van der Waals surface area contributed by atoms with Gasteiger partial charge in [-0.05, 0) is 35.9 Å². The molecule has 0 atom stereocenters. The number of nitrogens with zero attached hydrogens (tertiary/aromatic N) is 4. The van der Waals surface area contributed by atoms with E-state index in [1.807, 2.05) is 17.2 Å². The third-order valence-corrected chi connectivity index (χ3v) is 5.99. The summed E-state index contributed by atoms with van der Waals surface area (Å²) in [6, 6.07) is 13.1. The number of guanidine groups is 1. The second-order valence-electron chi connectivity index (χ2n) is 6.67. The molecule has 142 valence electrons. The largest absolute Gasteiger partial charge is 0.339 e. The van der Waals surface area contributed by atoms with Crippen LogP contribution in [0, 0.1) is 5.41 Å². The van der Waals surface area contributed by atoms with Gasteiger partial charge >= 0.3 is 0 Å². The van der Waals surface area contributed by atoms with Crippen LogP contribution < -0.4 is 0 Å². The standard InChI is InChI=1S/C21H27N5S/c1-3-17-6-8-18(9-7-17)16-27-20-19(5-4-10-24-20)15-25-11-13-26(14-12-25)21(22)23-2/h4-10,22H,2-3,11-16H2,1H3. The van der Waals surface area contributed by atoms with Crippen LogP contribution in [0.3, 0.4) is 0 Å². The molecule has 1 aromatic heterocycles.